The standard InChI is InChI=1S/C17H22BrN5OS.HI/c1-12-11-23-15(25-12)6-7-21-17(19-2)22-9-8-20-16(24)13-4-3-5-14(18)10-13;/h3-5,10-11H,6-9H2,1-2H3,(H,20,24)(H2,19,21,22);1H. The lowest BCUT2D eigenvalue weighted by Crippen LogP contribution is -2.42. The Kier molecular flexibility index (Phi) is 10.7. The summed E-state index contributed by atoms with van der Waals surface area (Å²) in [7, 11) is 1.73. The summed E-state index contributed by atoms with van der Waals surface area (Å²) < 4.78 is 0.887. The molecular weight excluding hydrogens is 529 g/mol. The van der Waals surface area contributed by atoms with Crippen LogP contribution in [0.5, 0.6) is 0 Å². The summed E-state index contributed by atoms with van der Waals surface area (Å²) in [6, 6.07) is 7.31. The molecule has 0 saturated carbocycles. The van der Waals surface area contributed by atoms with E-state index in [0.29, 0.717) is 24.6 Å². The van der Waals surface area contributed by atoms with Crippen molar-refractivity contribution >= 4 is 63.1 Å². The third-order valence-corrected chi connectivity index (χ3v) is 4.78. The van der Waals surface area contributed by atoms with Gasteiger partial charge in [-0.05, 0) is 25.1 Å². The van der Waals surface area contributed by atoms with E-state index < -0.39 is 0 Å². The third kappa shape index (κ3) is 8.00. The summed E-state index contributed by atoms with van der Waals surface area (Å²) >= 11 is 5.07. The highest BCUT2D eigenvalue weighted by molar-refractivity contribution is 14.0. The zero-order valence-electron chi connectivity index (χ0n) is 14.7. The van der Waals surface area contributed by atoms with Crippen LogP contribution in [0.3, 0.4) is 0 Å². The number of aromatic nitrogens is 1. The first-order valence-corrected chi connectivity index (χ1v) is 9.59. The molecule has 2 aromatic rings. The van der Waals surface area contributed by atoms with E-state index in [2.05, 4.69) is 48.8 Å². The number of aliphatic imine (C=N–C) groups is 1. The van der Waals surface area contributed by atoms with Gasteiger partial charge >= 0.3 is 0 Å². The lowest BCUT2D eigenvalue weighted by atomic mass is 10.2. The smallest absolute Gasteiger partial charge is 0.251 e. The Labute approximate surface area is 183 Å². The fourth-order valence-corrected chi connectivity index (χ4v) is 3.30. The Balaban J connectivity index is 0.00000338. The Hall–Kier alpha value is -1.20. The average molecular weight is 552 g/mol. The van der Waals surface area contributed by atoms with Crippen molar-refractivity contribution in [1.82, 2.24) is 20.9 Å². The first-order valence-electron chi connectivity index (χ1n) is 7.98. The first-order chi connectivity index (χ1) is 12.1. The molecule has 2 rings (SSSR count). The minimum Gasteiger partial charge on any atom is -0.356 e. The number of halogens is 2. The van der Waals surface area contributed by atoms with Crippen LogP contribution in [0.2, 0.25) is 0 Å². The molecule has 0 spiro atoms. The van der Waals surface area contributed by atoms with Gasteiger partial charge in [0.1, 0.15) is 0 Å². The summed E-state index contributed by atoms with van der Waals surface area (Å²) in [6.07, 6.45) is 2.75. The van der Waals surface area contributed by atoms with E-state index in [1.807, 2.05) is 18.3 Å². The summed E-state index contributed by atoms with van der Waals surface area (Å²) in [5, 5.41) is 10.4. The molecule has 6 nitrogen and oxygen atoms in total. The second-order valence-corrected chi connectivity index (χ2v) is 7.54. The van der Waals surface area contributed by atoms with Gasteiger partial charge in [-0.2, -0.15) is 0 Å². The van der Waals surface area contributed by atoms with Crippen LogP contribution in [0.4, 0.5) is 0 Å². The van der Waals surface area contributed by atoms with Gasteiger partial charge in [-0.3, -0.25) is 9.79 Å². The molecule has 9 heteroatoms. The van der Waals surface area contributed by atoms with Crippen LogP contribution < -0.4 is 16.0 Å². The molecule has 0 aliphatic heterocycles. The minimum absolute atomic E-state index is 0. The van der Waals surface area contributed by atoms with E-state index in [1.165, 1.54) is 4.88 Å². The maximum atomic E-state index is 12.0. The molecule has 1 aromatic carbocycles. The Morgan fingerprint density at radius 1 is 1.23 bits per heavy atom. The van der Waals surface area contributed by atoms with Crippen LogP contribution in [-0.4, -0.2) is 43.5 Å². The van der Waals surface area contributed by atoms with Crippen molar-refractivity contribution in [3.05, 3.63) is 50.4 Å². The molecule has 0 aliphatic rings. The summed E-state index contributed by atoms with van der Waals surface area (Å²) in [5.74, 6) is 0.621. The lowest BCUT2D eigenvalue weighted by Gasteiger charge is -2.12. The number of guanidine groups is 1. The van der Waals surface area contributed by atoms with Crippen LogP contribution in [0.15, 0.2) is 39.9 Å². The zero-order valence-corrected chi connectivity index (χ0v) is 19.4. The highest BCUT2D eigenvalue weighted by atomic mass is 127. The Bertz CT molecular complexity index is 737. The van der Waals surface area contributed by atoms with Gasteiger partial charge in [0.15, 0.2) is 5.96 Å². The monoisotopic (exact) mass is 551 g/mol. The molecule has 1 heterocycles. The fourth-order valence-electron chi connectivity index (χ4n) is 2.11. The Morgan fingerprint density at radius 2 is 1.96 bits per heavy atom. The van der Waals surface area contributed by atoms with E-state index >= 15 is 0 Å². The second-order valence-electron chi connectivity index (χ2n) is 5.31. The molecule has 1 amide bonds. The molecule has 0 bridgehead atoms. The predicted molar refractivity (Wildman–Crippen MR) is 122 cm³/mol. The number of carbonyl (C=O) groups excluding carboxylic acids is 1. The number of hydrogen-bond acceptors (Lipinski definition) is 4. The van der Waals surface area contributed by atoms with Crippen molar-refractivity contribution in [1.29, 1.82) is 0 Å². The molecule has 0 atom stereocenters. The number of nitrogens with one attached hydrogen (secondary N) is 3. The largest absolute Gasteiger partial charge is 0.356 e. The van der Waals surface area contributed by atoms with Crippen LogP contribution in [0, 0.1) is 6.92 Å². The molecule has 0 unspecified atom stereocenters. The molecule has 0 fully saturated rings. The van der Waals surface area contributed by atoms with E-state index in [0.717, 1.165) is 22.4 Å². The number of thiazole rings is 1. The van der Waals surface area contributed by atoms with Gasteiger partial charge in [0.05, 0.1) is 5.01 Å². The quantitative estimate of drug-likeness (QED) is 0.214. The van der Waals surface area contributed by atoms with Gasteiger partial charge in [-0.15, -0.1) is 35.3 Å². The number of rotatable bonds is 7. The first kappa shape index (κ1) is 22.8. The molecule has 0 aliphatic carbocycles. The van der Waals surface area contributed by atoms with E-state index in [4.69, 9.17) is 0 Å². The normalized spacial score (nSPS) is 10.8. The summed E-state index contributed by atoms with van der Waals surface area (Å²) in [5.41, 5.74) is 0.635. The van der Waals surface area contributed by atoms with Crippen LogP contribution in [0.25, 0.3) is 0 Å². The highest BCUT2D eigenvalue weighted by Crippen LogP contribution is 2.11. The minimum atomic E-state index is -0.0924. The molecule has 1 aromatic heterocycles. The van der Waals surface area contributed by atoms with Crippen LogP contribution in [0.1, 0.15) is 20.2 Å². The Morgan fingerprint density at radius 3 is 2.62 bits per heavy atom. The fraction of sp³-hybridized carbons (Fsp3) is 0.353. The van der Waals surface area contributed by atoms with Gasteiger partial charge in [0.2, 0.25) is 0 Å². The van der Waals surface area contributed by atoms with Gasteiger partial charge in [-0.25, -0.2) is 4.98 Å². The van der Waals surface area contributed by atoms with Crippen molar-refractivity contribution in [2.45, 2.75) is 13.3 Å². The number of hydrogen-bond donors (Lipinski definition) is 3. The van der Waals surface area contributed by atoms with E-state index in [-0.39, 0.29) is 29.9 Å². The number of benzene rings is 1. The average Bonchev–Trinajstić information content (AvgIpc) is 3.02. The molecule has 26 heavy (non-hydrogen) atoms. The predicted octanol–water partition coefficient (Wildman–Crippen LogP) is 2.97. The van der Waals surface area contributed by atoms with Crippen LogP contribution in [-0.2, 0) is 6.42 Å². The van der Waals surface area contributed by atoms with Gasteiger partial charge in [0, 0.05) is 54.2 Å². The zero-order chi connectivity index (χ0) is 18.1. The SMILES string of the molecule is CN=C(NCCNC(=O)c1cccc(Br)c1)NCCc1ncc(C)s1.I. The third-order valence-electron chi connectivity index (χ3n) is 3.31. The number of carbonyl (C=O) groups is 1. The molecule has 0 radical (unpaired) electrons. The van der Waals surface area contributed by atoms with Crippen molar-refractivity contribution < 1.29 is 4.79 Å². The van der Waals surface area contributed by atoms with Crippen molar-refractivity contribution in [3.63, 3.8) is 0 Å². The number of amides is 1. The van der Waals surface area contributed by atoms with Gasteiger partial charge in [-0.1, -0.05) is 22.0 Å². The summed E-state index contributed by atoms with van der Waals surface area (Å²) in [4.78, 5) is 21.8. The van der Waals surface area contributed by atoms with E-state index in [1.54, 1.807) is 30.5 Å². The second kappa shape index (κ2) is 12.2. The topological polar surface area (TPSA) is 78.4 Å². The maximum absolute atomic E-state index is 12.0. The van der Waals surface area contributed by atoms with E-state index in [9.17, 15) is 4.79 Å². The summed E-state index contributed by atoms with van der Waals surface area (Å²) in [6.45, 7) is 3.92. The number of aryl methyl sites for hydroxylation is 1. The molecule has 142 valence electrons. The molecule has 3 N–H and O–H groups in total. The van der Waals surface area contributed by atoms with Crippen LogP contribution >= 0.6 is 51.2 Å². The van der Waals surface area contributed by atoms with Crippen molar-refractivity contribution in [3.8, 4) is 0 Å². The van der Waals surface area contributed by atoms with Gasteiger partial charge in [0.25, 0.3) is 5.91 Å². The lowest BCUT2D eigenvalue weighted by molar-refractivity contribution is 0.0954. The maximum Gasteiger partial charge on any atom is 0.251 e. The highest BCUT2D eigenvalue weighted by Gasteiger charge is 2.05. The number of nitrogens with zero attached hydrogens (tertiary/aromatic N) is 2. The van der Waals surface area contributed by atoms with Crippen molar-refractivity contribution in [2.24, 2.45) is 4.99 Å². The van der Waals surface area contributed by atoms with Crippen molar-refractivity contribution in [2.75, 3.05) is 26.7 Å². The molecular formula is C17H23BrIN5OS. The van der Waals surface area contributed by atoms with Gasteiger partial charge < -0.3 is 16.0 Å². The molecule has 0 saturated heterocycles.